The lowest BCUT2D eigenvalue weighted by Gasteiger charge is -2.18. The molecule has 1 amide bonds. The van der Waals surface area contributed by atoms with Crippen molar-refractivity contribution in [1.29, 1.82) is 0 Å². The number of benzene rings is 1. The molecule has 0 bridgehead atoms. The molecule has 3 aromatic heterocycles. The number of nitrogens with zero attached hydrogens (tertiary/aromatic N) is 2. The maximum atomic E-state index is 14.5. The van der Waals surface area contributed by atoms with Gasteiger partial charge in [-0.3, -0.25) is 9.78 Å². The molecule has 0 saturated carbocycles. The van der Waals surface area contributed by atoms with Crippen molar-refractivity contribution in [3.63, 3.8) is 0 Å². The van der Waals surface area contributed by atoms with E-state index in [1.54, 1.807) is 18.3 Å². The first-order valence-electron chi connectivity index (χ1n) is 10.3. The van der Waals surface area contributed by atoms with E-state index in [1.165, 1.54) is 12.3 Å². The van der Waals surface area contributed by atoms with Crippen LogP contribution in [0.15, 0.2) is 48.9 Å². The van der Waals surface area contributed by atoms with Crippen LogP contribution in [0.2, 0.25) is 0 Å². The number of aryl methyl sites for hydroxylation is 1. The summed E-state index contributed by atoms with van der Waals surface area (Å²) in [5.41, 5.74) is 3.34. The van der Waals surface area contributed by atoms with E-state index in [1.807, 2.05) is 19.2 Å². The van der Waals surface area contributed by atoms with Crippen LogP contribution < -0.4 is 5.32 Å². The SMILES string of the molecule is Cc1c[nH]c2nccc(-c3ccc(C(=O)N[C@@H]4c5c(F)cc(C(F)F)cc5C[C@@H]4O)cn3)c12. The topological polar surface area (TPSA) is 90.9 Å². The first-order chi connectivity index (χ1) is 15.8. The summed E-state index contributed by atoms with van der Waals surface area (Å²) in [5, 5.41) is 13.9. The number of aliphatic hydroxyl groups is 1. The fraction of sp³-hybridized carbons (Fsp3) is 0.208. The number of aromatic amines is 1. The van der Waals surface area contributed by atoms with Crippen LogP contribution in [-0.2, 0) is 6.42 Å². The number of aliphatic hydroxyl groups excluding tert-OH is 1. The molecule has 5 rings (SSSR count). The molecule has 0 unspecified atom stereocenters. The molecule has 0 radical (unpaired) electrons. The fourth-order valence-corrected chi connectivity index (χ4v) is 4.39. The molecule has 168 valence electrons. The summed E-state index contributed by atoms with van der Waals surface area (Å²) < 4.78 is 40.5. The lowest BCUT2D eigenvalue weighted by Crippen LogP contribution is -2.34. The monoisotopic (exact) mass is 452 g/mol. The van der Waals surface area contributed by atoms with E-state index in [-0.39, 0.29) is 23.1 Å². The first kappa shape index (κ1) is 21.1. The van der Waals surface area contributed by atoms with Gasteiger partial charge in [-0.15, -0.1) is 0 Å². The van der Waals surface area contributed by atoms with E-state index >= 15 is 0 Å². The summed E-state index contributed by atoms with van der Waals surface area (Å²) in [6, 6.07) is 6.01. The Bertz CT molecular complexity index is 1370. The van der Waals surface area contributed by atoms with Gasteiger partial charge in [0.25, 0.3) is 12.3 Å². The number of nitrogens with one attached hydrogen (secondary N) is 2. The minimum atomic E-state index is -2.82. The Hall–Kier alpha value is -3.72. The van der Waals surface area contributed by atoms with Gasteiger partial charge in [-0.2, -0.15) is 0 Å². The number of halogens is 3. The minimum Gasteiger partial charge on any atom is -0.390 e. The fourth-order valence-electron chi connectivity index (χ4n) is 4.39. The highest BCUT2D eigenvalue weighted by Crippen LogP contribution is 2.36. The van der Waals surface area contributed by atoms with Crippen molar-refractivity contribution in [3.05, 3.63) is 82.6 Å². The second kappa shape index (κ2) is 8.00. The van der Waals surface area contributed by atoms with Crippen molar-refractivity contribution in [3.8, 4) is 11.3 Å². The number of aromatic nitrogens is 3. The predicted octanol–water partition coefficient (Wildman–Crippen LogP) is 4.40. The number of hydrogen-bond acceptors (Lipinski definition) is 4. The van der Waals surface area contributed by atoms with Crippen molar-refractivity contribution >= 4 is 16.9 Å². The molecule has 0 spiro atoms. The molecule has 9 heteroatoms. The van der Waals surface area contributed by atoms with Crippen LogP contribution in [0.5, 0.6) is 0 Å². The molecule has 4 aromatic rings. The highest BCUT2D eigenvalue weighted by Gasteiger charge is 2.36. The summed E-state index contributed by atoms with van der Waals surface area (Å²) in [4.78, 5) is 24.6. The molecule has 1 aliphatic carbocycles. The van der Waals surface area contributed by atoms with E-state index in [4.69, 9.17) is 0 Å². The van der Waals surface area contributed by atoms with Gasteiger partial charge in [0.2, 0.25) is 0 Å². The van der Waals surface area contributed by atoms with Gasteiger partial charge in [0.15, 0.2) is 0 Å². The van der Waals surface area contributed by atoms with Crippen molar-refractivity contribution in [1.82, 2.24) is 20.3 Å². The Balaban J connectivity index is 1.40. The Kier molecular flexibility index (Phi) is 5.13. The summed E-state index contributed by atoms with van der Waals surface area (Å²) in [6.07, 6.45) is 0.956. The highest BCUT2D eigenvalue weighted by molar-refractivity contribution is 5.96. The van der Waals surface area contributed by atoms with Gasteiger partial charge >= 0.3 is 0 Å². The van der Waals surface area contributed by atoms with Gasteiger partial charge in [0, 0.05) is 47.1 Å². The third-order valence-corrected chi connectivity index (χ3v) is 5.97. The number of rotatable bonds is 4. The second-order valence-corrected chi connectivity index (χ2v) is 8.08. The smallest absolute Gasteiger partial charge is 0.263 e. The lowest BCUT2D eigenvalue weighted by molar-refractivity contribution is 0.0855. The molecule has 1 aromatic carbocycles. The quantitative estimate of drug-likeness (QED) is 0.428. The molecular weight excluding hydrogens is 433 g/mol. The summed E-state index contributed by atoms with van der Waals surface area (Å²) in [5.74, 6) is -1.43. The summed E-state index contributed by atoms with van der Waals surface area (Å²) in [6.45, 7) is 1.96. The zero-order chi connectivity index (χ0) is 23.3. The standard InChI is InChI=1S/C24H19F3N4O2/c1-11-9-30-23-19(11)15(4-5-28-23)17-3-2-12(10-29-17)24(33)31-21-18(32)8-13-6-14(22(26)27)7-16(25)20(13)21/h2-7,9-10,18,21-22,32H,8H2,1H3,(H,28,30)(H,31,33)/t18-,21-/m0/s1. The molecule has 1 aliphatic rings. The molecule has 0 aliphatic heterocycles. The van der Waals surface area contributed by atoms with Crippen LogP contribution in [0, 0.1) is 12.7 Å². The number of H-pyrrole nitrogens is 1. The number of alkyl halides is 2. The highest BCUT2D eigenvalue weighted by atomic mass is 19.3. The molecule has 6 nitrogen and oxygen atoms in total. The second-order valence-electron chi connectivity index (χ2n) is 8.08. The Labute approximate surface area is 186 Å². The number of carbonyl (C=O) groups is 1. The van der Waals surface area contributed by atoms with E-state index in [0.29, 0.717) is 5.69 Å². The average molecular weight is 452 g/mol. The number of amides is 1. The van der Waals surface area contributed by atoms with E-state index in [2.05, 4.69) is 20.3 Å². The Morgan fingerprint density at radius 2 is 2.06 bits per heavy atom. The molecule has 33 heavy (non-hydrogen) atoms. The molecule has 2 atom stereocenters. The number of hydrogen-bond donors (Lipinski definition) is 3. The Morgan fingerprint density at radius 1 is 1.24 bits per heavy atom. The van der Waals surface area contributed by atoms with Gasteiger partial charge in [0.05, 0.1) is 23.4 Å². The van der Waals surface area contributed by atoms with Crippen LogP contribution in [0.1, 0.15) is 45.1 Å². The van der Waals surface area contributed by atoms with Crippen molar-refractivity contribution < 1.29 is 23.1 Å². The maximum Gasteiger partial charge on any atom is 0.263 e. The zero-order valence-corrected chi connectivity index (χ0v) is 17.4. The molecule has 3 heterocycles. The average Bonchev–Trinajstić information content (AvgIpc) is 3.33. The van der Waals surface area contributed by atoms with Crippen LogP contribution in [-0.4, -0.2) is 32.1 Å². The van der Waals surface area contributed by atoms with Crippen molar-refractivity contribution in [2.24, 2.45) is 0 Å². The predicted molar refractivity (Wildman–Crippen MR) is 115 cm³/mol. The van der Waals surface area contributed by atoms with Gasteiger partial charge in [-0.1, -0.05) is 0 Å². The summed E-state index contributed by atoms with van der Waals surface area (Å²) >= 11 is 0. The van der Waals surface area contributed by atoms with Crippen molar-refractivity contribution in [2.45, 2.75) is 31.9 Å². The normalized spacial score (nSPS) is 17.5. The van der Waals surface area contributed by atoms with E-state index in [9.17, 15) is 23.1 Å². The van der Waals surface area contributed by atoms with Crippen LogP contribution >= 0.6 is 0 Å². The van der Waals surface area contributed by atoms with Crippen molar-refractivity contribution in [2.75, 3.05) is 0 Å². The molecular formula is C24H19F3N4O2. The first-order valence-corrected chi connectivity index (χ1v) is 10.3. The Morgan fingerprint density at radius 3 is 2.79 bits per heavy atom. The van der Waals surface area contributed by atoms with Gasteiger partial charge in [-0.25, -0.2) is 18.2 Å². The number of fused-ring (bicyclic) bond motifs is 2. The van der Waals surface area contributed by atoms with Gasteiger partial charge < -0.3 is 15.4 Å². The van der Waals surface area contributed by atoms with Gasteiger partial charge in [-0.05, 0) is 48.4 Å². The zero-order valence-electron chi connectivity index (χ0n) is 17.4. The molecule has 0 saturated heterocycles. The van der Waals surface area contributed by atoms with Crippen LogP contribution in [0.4, 0.5) is 13.2 Å². The van der Waals surface area contributed by atoms with E-state index in [0.717, 1.165) is 28.2 Å². The molecule has 0 fully saturated rings. The number of carbonyl (C=O) groups excluding carboxylic acids is 1. The lowest BCUT2D eigenvalue weighted by atomic mass is 10.0. The maximum absolute atomic E-state index is 14.5. The third kappa shape index (κ3) is 3.64. The molecule has 3 N–H and O–H groups in total. The largest absolute Gasteiger partial charge is 0.390 e. The number of pyridine rings is 2. The van der Waals surface area contributed by atoms with Crippen LogP contribution in [0.25, 0.3) is 22.3 Å². The third-order valence-electron chi connectivity index (χ3n) is 5.97. The van der Waals surface area contributed by atoms with E-state index < -0.39 is 35.9 Å². The summed E-state index contributed by atoms with van der Waals surface area (Å²) in [7, 11) is 0. The van der Waals surface area contributed by atoms with Crippen LogP contribution in [0.3, 0.4) is 0 Å². The van der Waals surface area contributed by atoms with Gasteiger partial charge in [0.1, 0.15) is 11.5 Å². The minimum absolute atomic E-state index is 0.0248.